The minimum absolute atomic E-state index is 0.00887. The Balaban J connectivity index is 2.03. The number of benzene rings is 1. The Morgan fingerprint density at radius 2 is 2.06 bits per heavy atom. The van der Waals surface area contributed by atoms with E-state index in [0.717, 1.165) is 6.07 Å². The van der Waals surface area contributed by atoms with Crippen LogP contribution in [-0.4, -0.2) is 12.0 Å². The first-order chi connectivity index (χ1) is 8.15. The Bertz CT molecular complexity index is 506. The molecule has 0 saturated heterocycles. The first-order valence-corrected chi connectivity index (χ1v) is 5.35. The van der Waals surface area contributed by atoms with Gasteiger partial charge in [0.25, 0.3) is 0 Å². The number of hydrogen-bond acceptors (Lipinski definition) is 2. The van der Waals surface area contributed by atoms with Gasteiger partial charge in [0.1, 0.15) is 11.6 Å². The number of aryl methyl sites for hydroxylation is 1. The number of nitrogens with zero attached hydrogens (tertiary/aromatic N) is 1. The number of carbonyl (C=O) groups is 1. The summed E-state index contributed by atoms with van der Waals surface area (Å²) < 4.78 is 26.0. The summed E-state index contributed by atoms with van der Waals surface area (Å²) in [5, 5.41) is 0. The summed E-state index contributed by atoms with van der Waals surface area (Å²) in [5.41, 5.74) is 1.07. The third kappa shape index (κ3) is 3.06. The molecule has 2 nitrogen and oxygen atoms in total. The normalized spacial score (nSPS) is 14.9. The molecule has 1 aromatic carbocycles. The lowest BCUT2D eigenvalue weighted by Crippen LogP contribution is -2.02. The molecule has 0 radical (unpaired) electrons. The maximum Gasteiger partial charge on any atom is 0.162 e. The number of aliphatic imine (C=N–C) groups is 1. The highest BCUT2D eigenvalue weighted by Gasteiger charge is 2.08. The molecule has 17 heavy (non-hydrogen) atoms. The van der Waals surface area contributed by atoms with Crippen molar-refractivity contribution in [2.45, 2.75) is 19.3 Å². The fraction of sp³-hybridized carbons (Fsp3) is 0.231. The van der Waals surface area contributed by atoms with Gasteiger partial charge in [-0.25, -0.2) is 8.78 Å². The lowest BCUT2D eigenvalue weighted by molar-refractivity contribution is -0.113. The van der Waals surface area contributed by atoms with Gasteiger partial charge in [-0.2, -0.15) is 0 Å². The molecule has 0 bridgehead atoms. The largest absolute Gasteiger partial charge is 0.294 e. The van der Waals surface area contributed by atoms with Crippen LogP contribution in [0.25, 0.3) is 0 Å². The van der Waals surface area contributed by atoms with E-state index in [4.69, 9.17) is 0 Å². The summed E-state index contributed by atoms with van der Waals surface area (Å²) in [5.74, 6) is -1.14. The van der Waals surface area contributed by atoms with Crippen LogP contribution in [0.1, 0.15) is 18.4 Å². The maximum atomic E-state index is 13.3. The molecule has 1 aliphatic heterocycles. The van der Waals surface area contributed by atoms with E-state index < -0.39 is 11.6 Å². The molecular formula is C13H11F2NO. The van der Waals surface area contributed by atoms with Crippen molar-refractivity contribution in [1.82, 2.24) is 0 Å². The third-order valence-corrected chi connectivity index (χ3v) is 2.54. The molecule has 0 aromatic heterocycles. The summed E-state index contributed by atoms with van der Waals surface area (Å²) in [6.45, 7) is 0. The molecule has 0 atom stereocenters. The summed E-state index contributed by atoms with van der Waals surface area (Å²) >= 11 is 0. The number of hydrogen-bond donors (Lipinski definition) is 0. The van der Waals surface area contributed by atoms with Crippen molar-refractivity contribution in [2.75, 3.05) is 0 Å². The van der Waals surface area contributed by atoms with E-state index in [-0.39, 0.29) is 5.78 Å². The van der Waals surface area contributed by atoms with Crippen LogP contribution in [0.5, 0.6) is 0 Å². The molecule has 1 heterocycles. The van der Waals surface area contributed by atoms with Crippen molar-refractivity contribution in [3.63, 3.8) is 0 Å². The first kappa shape index (κ1) is 11.6. The van der Waals surface area contributed by atoms with E-state index in [1.807, 2.05) is 0 Å². The molecule has 4 heteroatoms. The molecular weight excluding hydrogens is 224 g/mol. The quantitative estimate of drug-likeness (QED) is 0.792. The van der Waals surface area contributed by atoms with Gasteiger partial charge in [-0.1, -0.05) is 6.07 Å². The fourth-order valence-electron chi connectivity index (χ4n) is 1.66. The monoisotopic (exact) mass is 235 g/mol. The van der Waals surface area contributed by atoms with E-state index in [2.05, 4.69) is 4.99 Å². The van der Waals surface area contributed by atoms with Crippen LogP contribution in [0.3, 0.4) is 0 Å². The molecule has 0 spiro atoms. The van der Waals surface area contributed by atoms with E-state index in [0.29, 0.717) is 30.5 Å². The standard InChI is InChI=1S/C13H11F2NO/c14-10-3-1-9(13(15)7-10)2-4-11-8-12(17)5-6-16-11/h1,3,6-8H,2,4-5H2. The highest BCUT2D eigenvalue weighted by atomic mass is 19.1. The minimum Gasteiger partial charge on any atom is -0.294 e. The van der Waals surface area contributed by atoms with Crippen molar-refractivity contribution in [1.29, 1.82) is 0 Å². The molecule has 0 fully saturated rings. The smallest absolute Gasteiger partial charge is 0.162 e. The Kier molecular flexibility index (Phi) is 3.42. The van der Waals surface area contributed by atoms with Gasteiger partial charge in [-0.3, -0.25) is 9.79 Å². The van der Waals surface area contributed by atoms with Crippen LogP contribution in [-0.2, 0) is 11.2 Å². The Morgan fingerprint density at radius 1 is 1.24 bits per heavy atom. The number of ketones is 1. The SMILES string of the molecule is O=C1C=C(CCc2ccc(F)cc2F)N=CC1. The summed E-state index contributed by atoms with van der Waals surface area (Å²) in [7, 11) is 0. The van der Waals surface area contributed by atoms with Crippen LogP contribution in [0.2, 0.25) is 0 Å². The molecule has 1 aromatic rings. The van der Waals surface area contributed by atoms with Gasteiger partial charge in [-0.05, 0) is 24.5 Å². The molecule has 1 aliphatic rings. The molecule has 88 valence electrons. The van der Waals surface area contributed by atoms with E-state index in [1.54, 1.807) is 6.21 Å². The first-order valence-electron chi connectivity index (χ1n) is 5.35. The Hall–Kier alpha value is -1.84. The van der Waals surface area contributed by atoms with E-state index in [9.17, 15) is 13.6 Å². The summed E-state index contributed by atoms with van der Waals surface area (Å²) in [4.78, 5) is 15.2. The second-order valence-corrected chi connectivity index (χ2v) is 3.85. The van der Waals surface area contributed by atoms with Crippen LogP contribution in [0.15, 0.2) is 35.0 Å². The molecule has 0 unspecified atom stereocenters. The van der Waals surface area contributed by atoms with Crippen LogP contribution < -0.4 is 0 Å². The number of carbonyl (C=O) groups excluding carboxylic acids is 1. The second kappa shape index (κ2) is 4.99. The zero-order chi connectivity index (χ0) is 12.3. The lowest BCUT2D eigenvalue weighted by Gasteiger charge is -2.06. The van der Waals surface area contributed by atoms with Gasteiger partial charge in [-0.15, -0.1) is 0 Å². The Morgan fingerprint density at radius 3 is 2.76 bits per heavy atom. The van der Waals surface area contributed by atoms with Crippen LogP contribution in [0.4, 0.5) is 8.78 Å². The van der Waals surface area contributed by atoms with Crippen molar-refractivity contribution < 1.29 is 13.6 Å². The molecule has 0 N–H and O–H groups in total. The number of rotatable bonds is 3. The molecule has 0 amide bonds. The van der Waals surface area contributed by atoms with Gasteiger partial charge in [0.2, 0.25) is 0 Å². The van der Waals surface area contributed by atoms with Crippen molar-refractivity contribution in [2.24, 2.45) is 4.99 Å². The van der Waals surface area contributed by atoms with Gasteiger partial charge >= 0.3 is 0 Å². The van der Waals surface area contributed by atoms with Gasteiger partial charge < -0.3 is 0 Å². The number of allylic oxidation sites excluding steroid dienone is 2. The average molecular weight is 235 g/mol. The summed E-state index contributed by atoms with van der Waals surface area (Å²) in [6.07, 6.45) is 4.24. The van der Waals surface area contributed by atoms with Crippen molar-refractivity contribution in [3.05, 3.63) is 47.2 Å². The average Bonchev–Trinajstić information content (AvgIpc) is 2.28. The van der Waals surface area contributed by atoms with Crippen molar-refractivity contribution >= 4 is 12.0 Å². The van der Waals surface area contributed by atoms with Gasteiger partial charge in [0.15, 0.2) is 5.78 Å². The van der Waals surface area contributed by atoms with Crippen molar-refractivity contribution in [3.8, 4) is 0 Å². The number of halogens is 2. The minimum atomic E-state index is -0.587. The van der Waals surface area contributed by atoms with Crippen LogP contribution >= 0.6 is 0 Å². The van der Waals surface area contributed by atoms with Crippen LogP contribution in [0, 0.1) is 11.6 Å². The molecule has 0 aliphatic carbocycles. The highest BCUT2D eigenvalue weighted by molar-refractivity contribution is 6.01. The van der Waals surface area contributed by atoms with E-state index in [1.165, 1.54) is 18.2 Å². The lowest BCUT2D eigenvalue weighted by atomic mass is 10.1. The maximum absolute atomic E-state index is 13.3. The topological polar surface area (TPSA) is 29.4 Å². The summed E-state index contributed by atoms with van der Waals surface area (Å²) in [6, 6.07) is 3.50. The zero-order valence-electron chi connectivity index (χ0n) is 9.12. The Labute approximate surface area is 97.7 Å². The zero-order valence-corrected chi connectivity index (χ0v) is 9.12. The van der Waals surface area contributed by atoms with E-state index >= 15 is 0 Å². The van der Waals surface area contributed by atoms with Gasteiger partial charge in [0.05, 0.1) is 0 Å². The highest BCUT2D eigenvalue weighted by Crippen LogP contribution is 2.16. The third-order valence-electron chi connectivity index (χ3n) is 2.54. The predicted molar refractivity (Wildman–Crippen MR) is 60.9 cm³/mol. The van der Waals surface area contributed by atoms with Gasteiger partial charge in [0, 0.05) is 30.5 Å². The predicted octanol–water partition coefficient (Wildman–Crippen LogP) is 2.82. The second-order valence-electron chi connectivity index (χ2n) is 3.85. The molecule has 0 saturated carbocycles. The fourth-order valence-corrected chi connectivity index (χ4v) is 1.66. The molecule has 2 rings (SSSR count).